The quantitative estimate of drug-likeness (QED) is 0.618. The monoisotopic (exact) mass is 301 g/mol. The molecule has 1 unspecified atom stereocenters. The minimum Gasteiger partial charge on any atom is -0.452 e. The first kappa shape index (κ1) is 15.0. The van der Waals surface area contributed by atoms with Crippen LogP contribution in [0.25, 0.3) is 0 Å². The molecule has 1 heterocycles. The van der Waals surface area contributed by atoms with Crippen LogP contribution in [0.4, 0.5) is 18.9 Å². The summed E-state index contributed by atoms with van der Waals surface area (Å²) in [4.78, 5) is 35.0. The molecule has 0 aromatic heterocycles. The highest BCUT2D eigenvalue weighted by atomic mass is 19.4. The van der Waals surface area contributed by atoms with E-state index in [4.69, 9.17) is 0 Å². The highest BCUT2D eigenvalue weighted by molar-refractivity contribution is 6.22. The van der Waals surface area contributed by atoms with Gasteiger partial charge in [0.05, 0.1) is 17.7 Å². The Bertz CT molecular complexity index is 612. The maximum absolute atomic E-state index is 12.9. The van der Waals surface area contributed by atoms with E-state index < -0.39 is 47.7 Å². The van der Waals surface area contributed by atoms with Crippen LogP contribution in [0.2, 0.25) is 0 Å². The zero-order valence-electron chi connectivity index (χ0n) is 10.8. The molecule has 1 fully saturated rings. The van der Waals surface area contributed by atoms with Crippen LogP contribution in [-0.4, -0.2) is 23.9 Å². The molecular formula is C13H10F3NO4. The standard InChI is InChI=1S/C13H10F3NO4/c1-7(18)21-10-6-11(19)17(12(10)20)9-5-3-2-4-8(9)13(14,15)16/h2-5,10H,6H2,1H3. The van der Waals surface area contributed by atoms with Gasteiger partial charge in [0.2, 0.25) is 5.91 Å². The van der Waals surface area contributed by atoms with Crippen LogP contribution in [0.5, 0.6) is 0 Å². The number of rotatable bonds is 2. The maximum atomic E-state index is 12.9. The molecule has 1 aliphatic rings. The van der Waals surface area contributed by atoms with Crippen molar-refractivity contribution in [1.82, 2.24) is 0 Å². The van der Waals surface area contributed by atoms with E-state index in [1.54, 1.807) is 0 Å². The van der Waals surface area contributed by atoms with E-state index in [9.17, 15) is 27.6 Å². The van der Waals surface area contributed by atoms with Gasteiger partial charge in [-0.2, -0.15) is 13.2 Å². The molecule has 1 aromatic carbocycles. The number of amides is 2. The van der Waals surface area contributed by atoms with Gasteiger partial charge in [0.1, 0.15) is 0 Å². The first-order valence-electron chi connectivity index (χ1n) is 5.92. The summed E-state index contributed by atoms with van der Waals surface area (Å²) in [6, 6.07) is 4.23. The Kier molecular flexibility index (Phi) is 3.71. The number of alkyl halides is 3. The van der Waals surface area contributed by atoms with Crippen LogP contribution >= 0.6 is 0 Å². The van der Waals surface area contributed by atoms with Crippen molar-refractivity contribution >= 4 is 23.5 Å². The third kappa shape index (κ3) is 2.88. The van der Waals surface area contributed by atoms with Gasteiger partial charge < -0.3 is 4.74 Å². The molecule has 1 aromatic rings. The summed E-state index contributed by atoms with van der Waals surface area (Å²) in [5.41, 5.74) is -1.66. The fraction of sp³-hybridized carbons (Fsp3) is 0.308. The Labute approximate surface area is 117 Å². The first-order valence-corrected chi connectivity index (χ1v) is 5.92. The average molecular weight is 301 g/mol. The van der Waals surface area contributed by atoms with Crippen molar-refractivity contribution in [1.29, 1.82) is 0 Å². The van der Waals surface area contributed by atoms with E-state index in [-0.39, 0.29) is 0 Å². The first-order chi connectivity index (χ1) is 9.71. The zero-order chi connectivity index (χ0) is 15.8. The van der Waals surface area contributed by atoms with Gasteiger partial charge in [-0.3, -0.25) is 14.4 Å². The molecule has 1 atom stereocenters. The molecule has 2 amide bonds. The normalized spacial score (nSPS) is 19.0. The number of halogens is 3. The molecule has 21 heavy (non-hydrogen) atoms. The lowest BCUT2D eigenvalue weighted by molar-refractivity contribution is -0.151. The lowest BCUT2D eigenvalue weighted by Gasteiger charge is -2.19. The van der Waals surface area contributed by atoms with Crippen LogP contribution in [0.15, 0.2) is 24.3 Å². The third-order valence-corrected chi connectivity index (χ3v) is 2.86. The molecule has 0 bridgehead atoms. The molecule has 0 saturated carbocycles. The van der Waals surface area contributed by atoms with E-state index in [0.29, 0.717) is 4.90 Å². The minimum absolute atomic E-state index is 0.413. The van der Waals surface area contributed by atoms with Gasteiger partial charge in [0, 0.05) is 6.92 Å². The molecule has 1 saturated heterocycles. The van der Waals surface area contributed by atoms with Crippen molar-refractivity contribution < 1.29 is 32.3 Å². The van der Waals surface area contributed by atoms with Crippen LogP contribution in [-0.2, 0) is 25.3 Å². The number of benzene rings is 1. The number of hydrogen-bond acceptors (Lipinski definition) is 4. The Morgan fingerprint density at radius 2 is 1.90 bits per heavy atom. The summed E-state index contributed by atoms with van der Waals surface area (Å²) < 4.78 is 43.4. The number of imide groups is 1. The molecule has 8 heteroatoms. The molecule has 112 valence electrons. The number of carbonyl (C=O) groups excluding carboxylic acids is 3. The number of para-hydroxylation sites is 1. The number of nitrogens with zero attached hydrogens (tertiary/aromatic N) is 1. The summed E-state index contributed by atoms with van der Waals surface area (Å²) in [7, 11) is 0. The molecule has 5 nitrogen and oxygen atoms in total. The molecule has 0 N–H and O–H groups in total. The summed E-state index contributed by atoms with van der Waals surface area (Å²) in [6.45, 7) is 1.05. The summed E-state index contributed by atoms with van der Waals surface area (Å²) in [5.74, 6) is -2.61. The third-order valence-electron chi connectivity index (χ3n) is 2.86. The molecule has 1 aliphatic heterocycles. The predicted molar refractivity (Wildman–Crippen MR) is 64.1 cm³/mol. The maximum Gasteiger partial charge on any atom is 0.418 e. The Morgan fingerprint density at radius 1 is 1.29 bits per heavy atom. The number of carbonyl (C=O) groups is 3. The molecule has 0 spiro atoms. The lowest BCUT2D eigenvalue weighted by Crippen LogP contribution is -2.34. The van der Waals surface area contributed by atoms with Gasteiger partial charge in [-0.05, 0) is 12.1 Å². The van der Waals surface area contributed by atoms with Crippen molar-refractivity contribution in [3.8, 4) is 0 Å². The molecule has 2 rings (SSSR count). The fourth-order valence-corrected chi connectivity index (χ4v) is 2.06. The highest BCUT2D eigenvalue weighted by Gasteiger charge is 2.45. The second kappa shape index (κ2) is 5.19. The van der Waals surface area contributed by atoms with Gasteiger partial charge in [-0.15, -0.1) is 0 Å². The molecular weight excluding hydrogens is 291 g/mol. The summed E-state index contributed by atoms with van der Waals surface area (Å²) in [6.07, 6.45) is -6.56. The molecule has 0 aliphatic carbocycles. The van der Waals surface area contributed by atoms with Crippen molar-refractivity contribution in [3.05, 3.63) is 29.8 Å². The largest absolute Gasteiger partial charge is 0.452 e. The second-order valence-electron chi connectivity index (χ2n) is 4.38. The number of hydrogen-bond donors (Lipinski definition) is 0. The minimum atomic E-state index is -4.71. The Balaban J connectivity index is 2.41. The highest BCUT2D eigenvalue weighted by Crippen LogP contribution is 2.38. The number of esters is 1. The van der Waals surface area contributed by atoms with Gasteiger partial charge >= 0.3 is 12.1 Å². The van der Waals surface area contributed by atoms with Crippen LogP contribution in [0, 0.1) is 0 Å². The van der Waals surface area contributed by atoms with Crippen molar-refractivity contribution in [2.24, 2.45) is 0 Å². The summed E-state index contributed by atoms with van der Waals surface area (Å²) in [5, 5.41) is 0. The van der Waals surface area contributed by atoms with Gasteiger partial charge in [0.15, 0.2) is 6.10 Å². The van der Waals surface area contributed by atoms with Crippen molar-refractivity contribution in [2.75, 3.05) is 4.90 Å². The predicted octanol–water partition coefficient (Wildman–Crippen LogP) is 1.90. The molecule has 0 radical (unpaired) electrons. The summed E-state index contributed by atoms with van der Waals surface area (Å²) >= 11 is 0. The van der Waals surface area contributed by atoms with Crippen LogP contribution in [0.1, 0.15) is 18.9 Å². The van der Waals surface area contributed by atoms with E-state index in [1.807, 2.05) is 0 Å². The Hall–Kier alpha value is -2.38. The van der Waals surface area contributed by atoms with E-state index in [2.05, 4.69) is 4.74 Å². The zero-order valence-corrected chi connectivity index (χ0v) is 10.8. The van der Waals surface area contributed by atoms with Crippen LogP contribution < -0.4 is 4.90 Å². The van der Waals surface area contributed by atoms with E-state index >= 15 is 0 Å². The number of anilines is 1. The van der Waals surface area contributed by atoms with Gasteiger partial charge in [-0.25, -0.2) is 4.90 Å². The average Bonchev–Trinajstić information content (AvgIpc) is 2.62. The van der Waals surface area contributed by atoms with Crippen LogP contribution in [0.3, 0.4) is 0 Å². The topological polar surface area (TPSA) is 63.7 Å². The van der Waals surface area contributed by atoms with E-state index in [0.717, 1.165) is 25.1 Å². The van der Waals surface area contributed by atoms with Gasteiger partial charge in [0.25, 0.3) is 5.91 Å². The second-order valence-corrected chi connectivity index (χ2v) is 4.38. The van der Waals surface area contributed by atoms with Crippen molar-refractivity contribution in [3.63, 3.8) is 0 Å². The van der Waals surface area contributed by atoms with E-state index in [1.165, 1.54) is 6.07 Å². The van der Waals surface area contributed by atoms with Gasteiger partial charge in [-0.1, -0.05) is 12.1 Å². The lowest BCUT2D eigenvalue weighted by atomic mass is 10.1. The SMILES string of the molecule is CC(=O)OC1CC(=O)N(c2ccccc2C(F)(F)F)C1=O. The number of ether oxygens (including phenoxy) is 1. The van der Waals surface area contributed by atoms with Crippen molar-refractivity contribution in [2.45, 2.75) is 25.6 Å². The fourth-order valence-electron chi connectivity index (χ4n) is 2.06. The smallest absolute Gasteiger partial charge is 0.418 e. The Morgan fingerprint density at radius 3 is 2.48 bits per heavy atom.